The first-order valence-corrected chi connectivity index (χ1v) is 9.77. The van der Waals surface area contributed by atoms with Gasteiger partial charge in [0.25, 0.3) is 0 Å². The number of imidazole rings is 1. The molecule has 24 heavy (non-hydrogen) atoms. The van der Waals surface area contributed by atoms with Crippen molar-refractivity contribution in [2.75, 3.05) is 0 Å². The molecule has 1 atom stereocenters. The van der Waals surface area contributed by atoms with Crippen LogP contribution in [0.3, 0.4) is 0 Å². The molecule has 1 aromatic carbocycles. The maximum atomic E-state index is 4.83. The first kappa shape index (κ1) is 14.9. The lowest BCUT2D eigenvalue weighted by Crippen LogP contribution is -2.54. The highest BCUT2D eigenvalue weighted by atomic mass is 15.1. The minimum Gasteiger partial charge on any atom is -0.330 e. The smallest absolute Gasteiger partial charge is 0.123 e. The topological polar surface area (TPSA) is 29.9 Å². The lowest BCUT2D eigenvalue weighted by molar-refractivity contribution is -0.0707. The normalized spacial score (nSPS) is 35.7. The van der Waals surface area contributed by atoms with E-state index >= 15 is 0 Å². The molecule has 0 spiro atoms. The summed E-state index contributed by atoms with van der Waals surface area (Å²) >= 11 is 0. The Morgan fingerprint density at radius 2 is 1.75 bits per heavy atom. The molecule has 0 saturated heterocycles. The van der Waals surface area contributed by atoms with Gasteiger partial charge >= 0.3 is 0 Å². The van der Waals surface area contributed by atoms with Crippen LogP contribution < -0.4 is 5.32 Å². The Kier molecular flexibility index (Phi) is 3.31. The van der Waals surface area contributed by atoms with Gasteiger partial charge in [-0.2, -0.15) is 0 Å². The van der Waals surface area contributed by atoms with E-state index in [1.54, 1.807) is 0 Å². The molecule has 4 fully saturated rings. The number of nitrogens with zero attached hydrogens (tertiary/aromatic N) is 2. The number of aromatic nitrogens is 2. The van der Waals surface area contributed by atoms with E-state index in [0.717, 1.165) is 35.6 Å². The first-order valence-electron chi connectivity index (χ1n) is 9.77. The molecule has 1 heterocycles. The summed E-state index contributed by atoms with van der Waals surface area (Å²) in [4.78, 5) is 4.83. The fourth-order valence-corrected chi connectivity index (χ4v) is 6.52. The van der Waals surface area contributed by atoms with Gasteiger partial charge in [-0.25, -0.2) is 4.98 Å². The van der Waals surface area contributed by atoms with E-state index in [2.05, 4.69) is 48.1 Å². The zero-order valence-electron chi connectivity index (χ0n) is 15.0. The van der Waals surface area contributed by atoms with E-state index < -0.39 is 0 Å². The first-order chi connectivity index (χ1) is 11.6. The van der Waals surface area contributed by atoms with Gasteiger partial charge in [0, 0.05) is 13.1 Å². The Hall–Kier alpha value is -1.35. The van der Waals surface area contributed by atoms with Crippen molar-refractivity contribution in [3.8, 4) is 0 Å². The van der Waals surface area contributed by atoms with Gasteiger partial charge in [0.05, 0.1) is 17.6 Å². The second-order valence-corrected chi connectivity index (χ2v) is 8.96. The third-order valence-electron chi connectivity index (χ3n) is 7.45. The van der Waals surface area contributed by atoms with Crippen LogP contribution in [0.25, 0.3) is 11.0 Å². The monoisotopic (exact) mass is 323 g/mol. The minimum atomic E-state index is 0.569. The molecule has 4 aliphatic rings. The number of para-hydroxylation sites is 2. The molecule has 6 rings (SSSR count). The maximum Gasteiger partial charge on any atom is 0.123 e. The van der Waals surface area contributed by atoms with Crippen LogP contribution in [0.4, 0.5) is 0 Å². The molecule has 1 aromatic heterocycles. The van der Waals surface area contributed by atoms with Gasteiger partial charge in [-0.1, -0.05) is 12.1 Å². The molecule has 4 bridgehead atoms. The summed E-state index contributed by atoms with van der Waals surface area (Å²) < 4.78 is 2.24. The molecule has 0 aliphatic heterocycles. The largest absolute Gasteiger partial charge is 0.330 e. The molecule has 4 saturated carbocycles. The van der Waals surface area contributed by atoms with Gasteiger partial charge in [0.1, 0.15) is 5.82 Å². The fourth-order valence-electron chi connectivity index (χ4n) is 6.52. The van der Waals surface area contributed by atoms with Crippen LogP contribution in [0.5, 0.6) is 0 Å². The SMILES string of the molecule is C[C@H](NCc1nc2ccccc2n1C)C12CC3CC(CC(C3)C1)C2. The Labute approximate surface area is 144 Å². The molecular formula is C21H29N3. The van der Waals surface area contributed by atoms with Gasteiger partial charge in [-0.3, -0.25) is 0 Å². The van der Waals surface area contributed by atoms with Gasteiger partial charge in [0.2, 0.25) is 0 Å². The third kappa shape index (κ3) is 2.24. The Morgan fingerprint density at radius 3 is 2.38 bits per heavy atom. The summed E-state index contributed by atoms with van der Waals surface area (Å²) in [7, 11) is 2.14. The summed E-state index contributed by atoms with van der Waals surface area (Å²) in [6.45, 7) is 3.32. The van der Waals surface area contributed by atoms with Crippen LogP contribution in [-0.4, -0.2) is 15.6 Å². The van der Waals surface area contributed by atoms with E-state index in [1.165, 1.54) is 44.0 Å². The number of aryl methyl sites for hydroxylation is 1. The molecule has 1 N–H and O–H groups in total. The van der Waals surface area contributed by atoms with E-state index in [4.69, 9.17) is 4.98 Å². The molecule has 4 aliphatic carbocycles. The average Bonchev–Trinajstić information content (AvgIpc) is 2.88. The van der Waals surface area contributed by atoms with E-state index in [0.29, 0.717) is 11.5 Å². The lowest BCUT2D eigenvalue weighted by atomic mass is 9.48. The third-order valence-corrected chi connectivity index (χ3v) is 7.45. The van der Waals surface area contributed by atoms with Crippen LogP contribution in [0.15, 0.2) is 24.3 Å². The van der Waals surface area contributed by atoms with Crippen LogP contribution in [0.2, 0.25) is 0 Å². The average molecular weight is 323 g/mol. The fraction of sp³-hybridized carbons (Fsp3) is 0.667. The molecule has 3 nitrogen and oxygen atoms in total. The van der Waals surface area contributed by atoms with E-state index in [1.807, 2.05) is 0 Å². The summed E-state index contributed by atoms with van der Waals surface area (Å²) in [5, 5.41) is 3.87. The van der Waals surface area contributed by atoms with Crippen LogP contribution in [0, 0.1) is 23.2 Å². The number of rotatable bonds is 4. The van der Waals surface area contributed by atoms with Crippen molar-refractivity contribution in [1.29, 1.82) is 0 Å². The van der Waals surface area contributed by atoms with Crippen molar-refractivity contribution in [2.45, 2.75) is 58.0 Å². The second kappa shape index (κ2) is 5.32. The molecule has 128 valence electrons. The highest BCUT2D eigenvalue weighted by Gasteiger charge is 2.52. The molecule has 2 aromatic rings. The summed E-state index contributed by atoms with van der Waals surface area (Å²) in [5.74, 6) is 4.23. The van der Waals surface area contributed by atoms with Gasteiger partial charge < -0.3 is 9.88 Å². The number of nitrogens with one attached hydrogen (secondary N) is 1. The summed E-state index contributed by atoms with van der Waals surface area (Å²) in [6, 6.07) is 9.05. The van der Waals surface area contributed by atoms with Crippen molar-refractivity contribution >= 4 is 11.0 Å². The lowest BCUT2D eigenvalue weighted by Gasteiger charge is -2.59. The molecular weight excluding hydrogens is 294 g/mol. The highest BCUT2D eigenvalue weighted by Crippen LogP contribution is 2.61. The molecule has 3 heteroatoms. The van der Waals surface area contributed by atoms with Crippen LogP contribution in [-0.2, 0) is 13.6 Å². The standard InChI is InChI=1S/C21H29N3/c1-14(21-10-15-7-16(11-21)9-17(8-15)12-21)22-13-20-23-18-5-3-4-6-19(18)24(20)2/h3-6,14-17,22H,7-13H2,1-2H3/t14-,15?,16?,17?,21?/m0/s1. The molecule has 0 unspecified atom stereocenters. The Bertz CT molecular complexity index is 724. The predicted molar refractivity (Wildman–Crippen MR) is 97.6 cm³/mol. The van der Waals surface area contributed by atoms with Gasteiger partial charge in [-0.15, -0.1) is 0 Å². The van der Waals surface area contributed by atoms with Gasteiger partial charge in [-0.05, 0) is 80.8 Å². The van der Waals surface area contributed by atoms with Gasteiger partial charge in [0.15, 0.2) is 0 Å². The summed E-state index contributed by atoms with van der Waals surface area (Å²) in [5.41, 5.74) is 2.91. The zero-order chi connectivity index (χ0) is 16.3. The number of hydrogen-bond acceptors (Lipinski definition) is 2. The number of fused-ring (bicyclic) bond motifs is 1. The highest BCUT2D eigenvalue weighted by molar-refractivity contribution is 5.75. The zero-order valence-corrected chi connectivity index (χ0v) is 15.0. The number of benzene rings is 1. The maximum absolute atomic E-state index is 4.83. The van der Waals surface area contributed by atoms with Crippen LogP contribution >= 0.6 is 0 Å². The predicted octanol–water partition coefficient (Wildman–Crippen LogP) is 4.27. The quantitative estimate of drug-likeness (QED) is 0.911. The second-order valence-electron chi connectivity index (χ2n) is 8.96. The van der Waals surface area contributed by atoms with E-state index in [-0.39, 0.29) is 0 Å². The molecule has 0 amide bonds. The Balaban J connectivity index is 1.33. The summed E-state index contributed by atoms with van der Waals surface area (Å²) in [6.07, 6.45) is 8.98. The van der Waals surface area contributed by atoms with Crippen molar-refractivity contribution < 1.29 is 0 Å². The van der Waals surface area contributed by atoms with Crippen molar-refractivity contribution in [3.05, 3.63) is 30.1 Å². The Morgan fingerprint density at radius 1 is 1.12 bits per heavy atom. The van der Waals surface area contributed by atoms with Crippen molar-refractivity contribution in [3.63, 3.8) is 0 Å². The minimum absolute atomic E-state index is 0.569. The molecule has 0 radical (unpaired) electrons. The van der Waals surface area contributed by atoms with Crippen molar-refractivity contribution in [1.82, 2.24) is 14.9 Å². The van der Waals surface area contributed by atoms with Crippen LogP contribution in [0.1, 0.15) is 51.3 Å². The van der Waals surface area contributed by atoms with E-state index in [9.17, 15) is 0 Å². The number of hydrogen-bond donors (Lipinski definition) is 1. The van der Waals surface area contributed by atoms with Crippen molar-refractivity contribution in [2.24, 2.45) is 30.2 Å².